The third-order valence-electron chi connectivity index (χ3n) is 15.6. The van der Waals surface area contributed by atoms with Gasteiger partial charge in [-0.15, -0.1) is 0 Å². The molecule has 5 aromatic rings. The van der Waals surface area contributed by atoms with Crippen molar-refractivity contribution in [2.45, 2.75) is 101 Å². The highest BCUT2D eigenvalue weighted by molar-refractivity contribution is 6.06. The second kappa shape index (κ2) is 18.9. The molecule has 5 unspecified atom stereocenters. The van der Waals surface area contributed by atoms with Crippen molar-refractivity contribution in [3.8, 4) is 23.0 Å². The van der Waals surface area contributed by atoms with E-state index in [2.05, 4.69) is 47.2 Å². The number of rotatable bonds is 8. The number of hydrogen-bond acceptors (Lipinski definition) is 14. The maximum atomic E-state index is 16.2. The number of aryl methyl sites for hydroxylation is 1. The van der Waals surface area contributed by atoms with Gasteiger partial charge in [-0.25, -0.2) is 9.18 Å². The fraction of sp³-hybridized carbons (Fsp3) is 0.481. The van der Waals surface area contributed by atoms with Gasteiger partial charge >= 0.3 is 12.1 Å². The number of ether oxygens (including phenoxy) is 2. The molecule has 17 nitrogen and oxygen atoms in total. The highest BCUT2D eigenvalue weighted by atomic mass is 19.1. The van der Waals surface area contributed by atoms with Crippen molar-refractivity contribution in [1.82, 2.24) is 40.3 Å². The second-order valence-corrected chi connectivity index (χ2v) is 19.6. The van der Waals surface area contributed by atoms with Crippen LogP contribution in [0, 0.1) is 5.82 Å². The van der Waals surface area contributed by atoms with Gasteiger partial charge in [-0.1, -0.05) is 31.2 Å². The summed E-state index contributed by atoms with van der Waals surface area (Å²) in [4.78, 5) is 73.6. The number of nitrogens with zero attached hydrogens (tertiary/aromatic N) is 8. The number of carbonyl (C=O) groups excluding carboxylic acids is 4. The molecule has 0 spiro atoms. The highest BCUT2D eigenvalue weighted by Crippen LogP contribution is 2.40. The SMILES string of the molecule is CCc1cccc2cc(O)cc(-c3ncc4c(N5CC6CCC(C5)N6)nc(OC)nc4c3F)c12.O=C1CCC(N2Cc3c(cccc3N3CCN(C(=O)OCC4CCC5CCCN54)CC3)C2=O)C(=O)N1. The van der Waals surface area contributed by atoms with Crippen LogP contribution in [-0.2, 0) is 27.3 Å². The van der Waals surface area contributed by atoms with Crippen LogP contribution in [0.3, 0.4) is 0 Å². The normalized spacial score (nSPS) is 24.2. The average Bonchev–Trinajstić information content (AvgIpc) is 4.17. The Morgan fingerprint density at radius 2 is 1.70 bits per heavy atom. The van der Waals surface area contributed by atoms with Crippen LogP contribution in [0.15, 0.2) is 54.7 Å². The Balaban J connectivity index is 0.000000153. The van der Waals surface area contributed by atoms with E-state index in [4.69, 9.17) is 9.47 Å². The molecule has 4 amide bonds. The predicted molar refractivity (Wildman–Crippen MR) is 260 cm³/mol. The fourth-order valence-electron chi connectivity index (χ4n) is 12.1. The van der Waals surface area contributed by atoms with Gasteiger partial charge in [0.25, 0.3) is 5.91 Å². The summed E-state index contributed by atoms with van der Waals surface area (Å²) in [5.74, 6) is -0.700. The summed E-state index contributed by atoms with van der Waals surface area (Å²) in [5.41, 5.74) is 4.41. The number of piperazine rings is 2. The molecule has 9 heterocycles. The largest absolute Gasteiger partial charge is 0.508 e. The summed E-state index contributed by atoms with van der Waals surface area (Å²) in [6, 6.07) is 16.2. The first-order valence-corrected chi connectivity index (χ1v) is 24.9. The molecular weight excluding hydrogens is 896 g/mol. The minimum atomic E-state index is -0.627. The number of carbonyl (C=O) groups is 4. The van der Waals surface area contributed by atoms with Gasteiger partial charge in [0.1, 0.15) is 35.4 Å². The minimum Gasteiger partial charge on any atom is -0.508 e. The number of pyridine rings is 1. The van der Waals surface area contributed by atoms with Gasteiger partial charge < -0.3 is 39.5 Å². The number of anilines is 2. The fourth-order valence-corrected chi connectivity index (χ4v) is 12.1. The molecular formula is C52H59FN10O7. The summed E-state index contributed by atoms with van der Waals surface area (Å²) in [6.45, 7) is 8.01. The standard InChI is InChI=1S/C26H26FN5O2.C26H33N5O5/c1-3-14-5-4-6-15-9-18(33)10-19(21(14)15)23-22(27)24-20(11-28-23)25(31-26(30-24)34-2)32-12-16-7-8-17(13-32)29-16;32-23-9-8-22(24(33)27-23)31-15-20-19(25(31)34)4-1-5-21(20)28-11-13-29(14-12-28)26(35)36-16-18-7-6-17-3-2-10-30(17)18/h4-6,9-11,16-17,29,33H,3,7-8,12-13H2,1-2H3;1,4-5,17-18,22H,2-3,6-16H2,(H,27,32,33). The van der Waals surface area contributed by atoms with Crippen LogP contribution in [0.4, 0.5) is 20.7 Å². The number of nitrogens with one attached hydrogen (secondary N) is 2. The zero-order chi connectivity index (χ0) is 48.2. The van der Waals surface area contributed by atoms with Crippen molar-refractivity contribution in [3.05, 3.63) is 77.2 Å². The molecule has 7 aliphatic heterocycles. The summed E-state index contributed by atoms with van der Waals surface area (Å²) in [5, 5.41) is 18.6. The molecule has 5 atom stereocenters. The molecule has 0 aliphatic carbocycles. The van der Waals surface area contributed by atoms with E-state index in [1.54, 1.807) is 34.2 Å². The van der Waals surface area contributed by atoms with Gasteiger partial charge in [0.15, 0.2) is 5.82 Å². The van der Waals surface area contributed by atoms with Crippen molar-refractivity contribution >= 4 is 57.0 Å². The van der Waals surface area contributed by atoms with Crippen LogP contribution < -0.4 is 25.2 Å². The zero-order valence-corrected chi connectivity index (χ0v) is 39.7. The third kappa shape index (κ3) is 8.47. The Hall–Kier alpha value is -6.66. The number of aromatic hydroxyl groups is 1. The lowest BCUT2D eigenvalue weighted by Gasteiger charge is -2.36. The first-order valence-electron chi connectivity index (χ1n) is 24.9. The number of methoxy groups -OCH3 is 1. The van der Waals surface area contributed by atoms with Gasteiger partial charge in [-0.2, -0.15) is 9.97 Å². The molecule has 366 valence electrons. The van der Waals surface area contributed by atoms with Crippen LogP contribution in [0.5, 0.6) is 11.8 Å². The van der Waals surface area contributed by atoms with Crippen LogP contribution in [0.1, 0.15) is 79.8 Å². The average molecular weight is 955 g/mol. The van der Waals surface area contributed by atoms with Gasteiger partial charge in [0, 0.05) is 105 Å². The van der Waals surface area contributed by atoms with E-state index in [1.807, 2.05) is 30.3 Å². The van der Waals surface area contributed by atoms with Crippen molar-refractivity contribution < 1.29 is 38.1 Å². The zero-order valence-electron chi connectivity index (χ0n) is 39.7. The molecule has 3 aromatic carbocycles. The molecule has 70 heavy (non-hydrogen) atoms. The number of amides is 4. The maximum absolute atomic E-state index is 16.2. The van der Waals surface area contributed by atoms with E-state index in [1.165, 1.54) is 26.4 Å². The van der Waals surface area contributed by atoms with Crippen molar-refractivity contribution in [1.29, 1.82) is 0 Å². The van der Waals surface area contributed by atoms with Crippen molar-refractivity contribution in [2.75, 3.05) is 69.3 Å². The number of benzene rings is 3. The Morgan fingerprint density at radius 3 is 2.47 bits per heavy atom. The van der Waals surface area contributed by atoms with E-state index in [0.717, 1.165) is 72.9 Å². The van der Waals surface area contributed by atoms with E-state index in [-0.39, 0.29) is 47.3 Å². The van der Waals surface area contributed by atoms with Crippen LogP contribution in [-0.4, -0.2) is 148 Å². The van der Waals surface area contributed by atoms with Crippen molar-refractivity contribution in [2.24, 2.45) is 0 Å². The Morgan fingerprint density at radius 1 is 0.900 bits per heavy atom. The highest BCUT2D eigenvalue weighted by Gasteiger charge is 2.42. The third-order valence-corrected chi connectivity index (χ3v) is 15.6. The molecule has 2 bridgehead atoms. The van der Waals surface area contributed by atoms with Gasteiger partial charge in [-0.05, 0) is 98.5 Å². The first kappa shape index (κ1) is 45.8. The van der Waals surface area contributed by atoms with Crippen LogP contribution in [0.2, 0.25) is 0 Å². The van der Waals surface area contributed by atoms with E-state index < -0.39 is 17.8 Å². The Labute approximate surface area is 405 Å². The second-order valence-electron chi connectivity index (χ2n) is 19.6. The molecule has 7 aliphatic rings. The summed E-state index contributed by atoms with van der Waals surface area (Å²) < 4.78 is 27.2. The number of hydrogen-bond donors (Lipinski definition) is 3. The molecule has 6 fully saturated rings. The number of phenolic OH excluding ortho intramolecular Hbond substituents is 1. The monoisotopic (exact) mass is 954 g/mol. The smallest absolute Gasteiger partial charge is 0.409 e. The number of aromatic nitrogens is 3. The lowest BCUT2D eigenvalue weighted by atomic mass is 9.95. The molecule has 0 saturated carbocycles. The summed E-state index contributed by atoms with van der Waals surface area (Å²) in [6.07, 6.45) is 9.86. The number of piperidine rings is 1. The van der Waals surface area contributed by atoms with Crippen LogP contribution in [0.25, 0.3) is 32.9 Å². The minimum absolute atomic E-state index is 0.0642. The first-order chi connectivity index (χ1) is 34.0. The van der Waals surface area contributed by atoms with Crippen molar-refractivity contribution in [3.63, 3.8) is 0 Å². The van der Waals surface area contributed by atoms with E-state index in [9.17, 15) is 24.3 Å². The molecule has 6 saturated heterocycles. The molecule has 0 radical (unpaired) electrons. The molecule has 18 heteroatoms. The number of imide groups is 1. The molecule has 2 aromatic heterocycles. The van der Waals surface area contributed by atoms with Gasteiger partial charge in [0.2, 0.25) is 11.8 Å². The van der Waals surface area contributed by atoms with Gasteiger partial charge in [-0.3, -0.25) is 29.6 Å². The predicted octanol–water partition coefficient (Wildman–Crippen LogP) is 5.53. The topological polar surface area (TPSA) is 186 Å². The molecule has 12 rings (SSSR count). The Bertz CT molecular complexity index is 2880. The van der Waals surface area contributed by atoms with Crippen LogP contribution >= 0.6 is 0 Å². The molecule has 3 N–H and O–H groups in total. The number of fused-ring (bicyclic) bond motifs is 6. The lowest BCUT2D eigenvalue weighted by Crippen LogP contribution is -2.52. The quantitative estimate of drug-likeness (QED) is 0.165. The summed E-state index contributed by atoms with van der Waals surface area (Å²) >= 11 is 0. The van der Waals surface area contributed by atoms with E-state index >= 15 is 4.39 Å². The number of halogens is 1. The van der Waals surface area contributed by atoms with Gasteiger partial charge in [0.05, 0.1) is 12.5 Å². The lowest BCUT2D eigenvalue weighted by molar-refractivity contribution is -0.136. The number of phenols is 1. The summed E-state index contributed by atoms with van der Waals surface area (Å²) in [7, 11) is 1.49. The van der Waals surface area contributed by atoms with E-state index in [0.29, 0.717) is 92.2 Å². The maximum Gasteiger partial charge on any atom is 0.409 e. The Kier molecular flexibility index (Phi) is 12.4.